The molecule has 47 heavy (non-hydrogen) atoms. The first-order valence-corrected chi connectivity index (χ1v) is 17.3. The fourth-order valence-corrected chi connectivity index (χ4v) is 9.94. The van der Waals surface area contributed by atoms with E-state index in [9.17, 15) is 31.8 Å². The van der Waals surface area contributed by atoms with E-state index in [4.69, 9.17) is 4.98 Å². The molecule has 10 nitrogen and oxygen atoms in total. The summed E-state index contributed by atoms with van der Waals surface area (Å²) in [7, 11) is -4.07. The zero-order valence-electron chi connectivity index (χ0n) is 25.1. The molecule has 3 aromatic heterocycles. The Hall–Kier alpha value is -4.18. The Balaban J connectivity index is 1.22. The minimum Gasteiger partial charge on any atom is -0.388 e. The molecule has 7 rings (SSSR count). The Bertz CT molecular complexity index is 2110. The van der Waals surface area contributed by atoms with Gasteiger partial charge in [-0.3, -0.25) is 4.98 Å². The van der Waals surface area contributed by atoms with Crippen LogP contribution >= 0.6 is 11.3 Å². The van der Waals surface area contributed by atoms with Crippen LogP contribution in [0.5, 0.6) is 0 Å². The first-order valence-electron chi connectivity index (χ1n) is 14.9. The lowest BCUT2D eigenvalue weighted by atomic mass is 10.1. The number of nitrogens with zero attached hydrogens (tertiary/aromatic N) is 4. The lowest BCUT2D eigenvalue weighted by Gasteiger charge is -2.26. The van der Waals surface area contributed by atoms with Gasteiger partial charge in [-0.15, -0.1) is 11.3 Å². The molecule has 2 aliphatic carbocycles. The maximum Gasteiger partial charge on any atom is 0.225 e. The van der Waals surface area contributed by atoms with Gasteiger partial charge in [0.15, 0.2) is 9.84 Å². The number of sulfone groups is 1. The summed E-state index contributed by atoms with van der Waals surface area (Å²) < 4.78 is 69.7. The number of pyridine rings is 1. The molecule has 2 aromatic carbocycles. The maximum absolute atomic E-state index is 14.3. The third-order valence-corrected chi connectivity index (χ3v) is 12.3. The predicted octanol–water partition coefficient (Wildman–Crippen LogP) is 4.80. The number of thiazole rings is 1. The molecule has 3 heterocycles. The van der Waals surface area contributed by atoms with Crippen molar-refractivity contribution in [1.82, 2.24) is 19.9 Å². The lowest BCUT2D eigenvalue weighted by Crippen LogP contribution is -2.43. The van der Waals surface area contributed by atoms with Crippen LogP contribution in [0.4, 0.5) is 24.9 Å². The van der Waals surface area contributed by atoms with Gasteiger partial charge in [0.2, 0.25) is 5.95 Å². The van der Waals surface area contributed by atoms with Crippen LogP contribution in [-0.4, -0.2) is 61.6 Å². The summed E-state index contributed by atoms with van der Waals surface area (Å²) in [5.41, 5.74) is 0.380. The van der Waals surface area contributed by atoms with Gasteiger partial charge in [-0.1, -0.05) is 13.0 Å². The minimum absolute atomic E-state index is 0.0431. The van der Waals surface area contributed by atoms with E-state index in [2.05, 4.69) is 25.6 Å². The summed E-state index contributed by atoms with van der Waals surface area (Å²) in [6.07, 6.45) is 0.940. The molecule has 15 heteroatoms. The average Bonchev–Trinajstić information content (AvgIpc) is 3.29. The first-order chi connectivity index (χ1) is 22.4. The van der Waals surface area contributed by atoms with Crippen molar-refractivity contribution in [1.29, 1.82) is 0 Å². The van der Waals surface area contributed by atoms with Crippen molar-refractivity contribution in [3.05, 3.63) is 89.1 Å². The molecule has 1 unspecified atom stereocenters. The molecule has 5 aromatic rings. The SMILES string of the molecule is CCc1nccc2sc(-c3c(C)nc(NCc4c(F)cccc4F)nc3N[C@@H]3C[C@@H]4C(S(=O)(=O)c5ccc(F)cc5)[C@]4(O)[C@H]3O)nc12. The Kier molecular flexibility index (Phi) is 7.69. The quantitative estimate of drug-likeness (QED) is 0.160. The molecule has 244 valence electrons. The number of benzene rings is 2. The largest absolute Gasteiger partial charge is 0.388 e. The number of aliphatic hydroxyl groups is 2. The number of hydrogen-bond acceptors (Lipinski definition) is 11. The Morgan fingerprint density at radius 1 is 1.04 bits per heavy atom. The summed E-state index contributed by atoms with van der Waals surface area (Å²) in [4.78, 5) is 18.3. The third-order valence-electron chi connectivity index (χ3n) is 8.97. The van der Waals surface area contributed by atoms with Crippen molar-refractivity contribution in [2.45, 2.75) is 61.1 Å². The van der Waals surface area contributed by atoms with Gasteiger partial charge in [0.25, 0.3) is 0 Å². The molecule has 0 spiro atoms. The second-order valence-corrected chi connectivity index (χ2v) is 14.8. The second-order valence-electron chi connectivity index (χ2n) is 11.7. The van der Waals surface area contributed by atoms with Gasteiger partial charge in [0.1, 0.15) is 50.7 Å². The van der Waals surface area contributed by atoms with Crippen LogP contribution in [0.15, 0.2) is 59.6 Å². The average molecular weight is 683 g/mol. The highest BCUT2D eigenvalue weighted by molar-refractivity contribution is 7.92. The molecule has 2 saturated carbocycles. The van der Waals surface area contributed by atoms with Gasteiger partial charge < -0.3 is 20.8 Å². The Labute approximate surface area is 271 Å². The van der Waals surface area contributed by atoms with Crippen LogP contribution in [0.2, 0.25) is 0 Å². The van der Waals surface area contributed by atoms with E-state index >= 15 is 0 Å². The van der Waals surface area contributed by atoms with Gasteiger partial charge in [-0.05, 0) is 62.2 Å². The number of aryl methyl sites for hydroxylation is 2. The van der Waals surface area contributed by atoms with Gasteiger partial charge in [0.05, 0.1) is 32.6 Å². The third kappa shape index (κ3) is 5.21. The van der Waals surface area contributed by atoms with E-state index in [0.717, 1.165) is 52.3 Å². The molecule has 2 aliphatic rings. The van der Waals surface area contributed by atoms with Crippen molar-refractivity contribution >= 4 is 43.2 Å². The van der Waals surface area contributed by atoms with E-state index in [1.807, 2.05) is 13.0 Å². The molecule has 4 N–H and O–H groups in total. The Morgan fingerprint density at radius 2 is 1.77 bits per heavy atom. The van der Waals surface area contributed by atoms with Crippen molar-refractivity contribution in [3.63, 3.8) is 0 Å². The number of rotatable bonds is 9. The highest BCUT2D eigenvalue weighted by Crippen LogP contribution is 2.61. The van der Waals surface area contributed by atoms with Crippen molar-refractivity contribution in [2.75, 3.05) is 10.6 Å². The Morgan fingerprint density at radius 3 is 2.43 bits per heavy atom. The molecule has 0 bridgehead atoms. The van der Waals surface area contributed by atoms with E-state index in [-0.39, 0.29) is 35.2 Å². The smallest absolute Gasteiger partial charge is 0.225 e. The lowest BCUT2D eigenvalue weighted by molar-refractivity contribution is 0.00553. The van der Waals surface area contributed by atoms with Crippen LogP contribution in [0, 0.1) is 30.3 Å². The van der Waals surface area contributed by atoms with Gasteiger partial charge >= 0.3 is 0 Å². The molecule has 0 saturated heterocycles. The number of fused-ring (bicyclic) bond motifs is 2. The predicted molar refractivity (Wildman–Crippen MR) is 170 cm³/mol. The van der Waals surface area contributed by atoms with E-state index in [1.54, 1.807) is 13.1 Å². The number of anilines is 2. The molecule has 2 fully saturated rings. The van der Waals surface area contributed by atoms with Crippen molar-refractivity contribution in [3.8, 4) is 10.6 Å². The van der Waals surface area contributed by atoms with Gasteiger partial charge in [-0.25, -0.2) is 31.6 Å². The summed E-state index contributed by atoms with van der Waals surface area (Å²) in [6, 6.07) is 8.93. The van der Waals surface area contributed by atoms with Crippen molar-refractivity contribution in [2.24, 2.45) is 5.92 Å². The number of halogens is 3. The monoisotopic (exact) mass is 682 g/mol. The fraction of sp³-hybridized carbons (Fsp3) is 0.312. The molecular weight excluding hydrogens is 654 g/mol. The zero-order chi connectivity index (χ0) is 33.2. The fourth-order valence-electron chi connectivity index (χ4n) is 6.56. The van der Waals surface area contributed by atoms with Crippen LogP contribution in [0.25, 0.3) is 20.8 Å². The minimum atomic E-state index is -4.07. The van der Waals surface area contributed by atoms with Crippen LogP contribution < -0.4 is 10.6 Å². The zero-order valence-corrected chi connectivity index (χ0v) is 26.7. The molecule has 0 radical (unpaired) electrons. The van der Waals surface area contributed by atoms with E-state index < -0.39 is 56.2 Å². The van der Waals surface area contributed by atoms with Gasteiger partial charge in [0, 0.05) is 24.2 Å². The van der Waals surface area contributed by atoms with Gasteiger partial charge in [-0.2, -0.15) is 4.98 Å². The normalized spacial score (nSPS) is 23.6. The highest BCUT2D eigenvalue weighted by Gasteiger charge is 2.78. The number of nitrogens with one attached hydrogen (secondary N) is 2. The summed E-state index contributed by atoms with van der Waals surface area (Å²) in [5.74, 6) is -2.58. The standard InChI is InChI=1S/C32H29F3N6O4S2/c1-3-22-26-24(11-12-36-22)46-30(40-26)25-15(2)38-31(37-14-18-20(34)5-4-6-21(18)35)41-29(25)39-23-13-19-28(32(19,43)27(23)42)47(44,45)17-9-7-16(33)8-10-17/h4-12,19,23,27-28,42-43H,3,13-14H2,1-2H3,(H2,37,38,39,41)/t19-,23-,27+,28?,32-/m1/s1. The first kappa shape index (κ1) is 31.4. The summed E-state index contributed by atoms with van der Waals surface area (Å²) in [6.45, 7) is 3.45. The van der Waals surface area contributed by atoms with Crippen LogP contribution in [0.3, 0.4) is 0 Å². The topological polar surface area (TPSA) is 150 Å². The van der Waals surface area contributed by atoms with E-state index in [1.165, 1.54) is 17.4 Å². The number of aliphatic hydroxyl groups excluding tert-OH is 1. The van der Waals surface area contributed by atoms with Crippen LogP contribution in [0.1, 0.15) is 30.3 Å². The van der Waals surface area contributed by atoms with Crippen LogP contribution in [-0.2, 0) is 22.8 Å². The molecule has 0 amide bonds. The highest BCUT2D eigenvalue weighted by atomic mass is 32.2. The molecule has 5 atom stereocenters. The summed E-state index contributed by atoms with van der Waals surface area (Å²) in [5, 5.41) is 28.1. The summed E-state index contributed by atoms with van der Waals surface area (Å²) >= 11 is 1.39. The van der Waals surface area contributed by atoms with E-state index in [0.29, 0.717) is 22.7 Å². The molecular formula is C32H29F3N6O4S2. The number of hydrogen-bond donors (Lipinski definition) is 4. The second kappa shape index (κ2) is 11.5. The number of aromatic nitrogens is 4. The maximum atomic E-state index is 14.3. The van der Waals surface area contributed by atoms with Crippen molar-refractivity contribution < 1.29 is 31.8 Å². The molecule has 0 aliphatic heterocycles.